The zero-order valence-electron chi connectivity index (χ0n) is 22.8. The third kappa shape index (κ3) is 7.27. The number of sulfonamides is 1. The Labute approximate surface area is 245 Å². The minimum Gasteiger partial charge on any atom is -0.495 e. The molecule has 0 fully saturated rings. The molecule has 0 saturated heterocycles. The summed E-state index contributed by atoms with van der Waals surface area (Å²) >= 11 is 12.8. The molecule has 0 bridgehead atoms. The molecule has 40 heavy (non-hydrogen) atoms. The highest BCUT2D eigenvalue weighted by atomic mass is 35.5. The summed E-state index contributed by atoms with van der Waals surface area (Å²) in [5.74, 6) is -0.757. The van der Waals surface area contributed by atoms with E-state index in [0.717, 1.165) is 4.31 Å². The van der Waals surface area contributed by atoms with Crippen LogP contribution in [-0.2, 0) is 26.2 Å². The molecule has 8 nitrogen and oxygen atoms in total. The van der Waals surface area contributed by atoms with E-state index in [0.29, 0.717) is 22.0 Å². The minimum absolute atomic E-state index is 0.00281. The third-order valence-electron chi connectivity index (χ3n) is 6.52. The highest BCUT2D eigenvalue weighted by Gasteiger charge is 2.34. The van der Waals surface area contributed by atoms with Crippen LogP contribution in [0.3, 0.4) is 0 Å². The monoisotopic (exact) mass is 605 g/mol. The van der Waals surface area contributed by atoms with Crippen molar-refractivity contribution in [1.82, 2.24) is 10.2 Å². The van der Waals surface area contributed by atoms with Crippen LogP contribution in [0.15, 0.2) is 77.7 Å². The second kappa shape index (κ2) is 13.9. The van der Waals surface area contributed by atoms with E-state index in [1.165, 1.54) is 24.1 Å². The number of nitrogens with zero attached hydrogens (tertiary/aromatic N) is 2. The smallest absolute Gasteiger partial charge is 0.264 e. The number of amides is 2. The van der Waals surface area contributed by atoms with E-state index in [1.807, 2.05) is 13.8 Å². The van der Waals surface area contributed by atoms with E-state index in [9.17, 15) is 18.0 Å². The lowest BCUT2D eigenvalue weighted by molar-refractivity contribution is -0.139. The standard InChI is InChI=1S/C29H33Cl2N3O5S/c1-5-20(2)32-29(36)21(3)33(18-23-24(30)14-11-15-25(23)31)28(35)19-34(26-16-9-10-17-27(26)39-4)40(37,38)22-12-7-6-8-13-22/h6-17,20-21H,5,18-19H2,1-4H3,(H,32,36). The number of rotatable bonds is 12. The summed E-state index contributed by atoms with van der Waals surface area (Å²) in [6, 6.07) is 18.2. The summed E-state index contributed by atoms with van der Waals surface area (Å²) in [6.45, 7) is 4.65. The number of hydrogen-bond donors (Lipinski definition) is 1. The van der Waals surface area contributed by atoms with Crippen LogP contribution >= 0.6 is 23.2 Å². The molecule has 3 aromatic rings. The number of methoxy groups -OCH3 is 1. The summed E-state index contributed by atoms with van der Waals surface area (Å²) < 4.78 is 34.2. The molecule has 1 N–H and O–H groups in total. The van der Waals surface area contributed by atoms with Crippen molar-refractivity contribution in [1.29, 1.82) is 0 Å². The van der Waals surface area contributed by atoms with Gasteiger partial charge in [0.25, 0.3) is 10.0 Å². The van der Waals surface area contributed by atoms with Crippen molar-refractivity contribution in [2.24, 2.45) is 0 Å². The number of benzene rings is 3. The molecular formula is C29H33Cl2N3O5S. The maximum absolute atomic E-state index is 14.0. The second-order valence-electron chi connectivity index (χ2n) is 9.21. The van der Waals surface area contributed by atoms with E-state index in [2.05, 4.69) is 5.32 Å². The van der Waals surface area contributed by atoms with Gasteiger partial charge in [-0.1, -0.05) is 66.5 Å². The van der Waals surface area contributed by atoms with E-state index >= 15 is 0 Å². The predicted molar refractivity (Wildman–Crippen MR) is 158 cm³/mol. The summed E-state index contributed by atoms with van der Waals surface area (Å²) in [5.41, 5.74) is 0.617. The molecule has 2 atom stereocenters. The Hall–Kier alpha value is -3.27. The quantitative estimate of drug-likeness (QED) is 0.293. The van der Waals surface area contributed by atoms with Gasteiger partial charge in [0.2, 0.25) is 11.8 Å². The summed E-state index contributed by atoms with van der Waals surface area (Å²) in [5, 5.41) is 3.52. The van der Waals surface area contributed by atoms with Gasteiger partial charge in [-0.3, -0.25) is 13.9 Å². The Morgan fingerprint density at radius 1 is 0.925 bits per heavy atom. The van der Waals surface area contributed by atoms with Gasteiger partial charge in [0.1, 0.15) is 18.3 Å². The zero-order valence-corrected chi connectivity index (χ0v) is 25.1. The SMILES string of the molecule is CCC(C)NC(=O)C(C)N(Cc1c(Cl)cccc1Cl)C(=O)CN(c1ccccc1OC)S(=O)(=O)c1ccccc1. The first-order chi connectivity index (χ1) is 19.0. The minimum atomic E-state index is -4.22. The molecule has 3 rings (SSSR count). The number of carbonyl (C=O) groups is 2. The molecule has 2 unspecified atom stereocenters. The van der Waals surface area contributed by atoms with Crippen LogP contribution in [0.1, 0.15) is 32.8 Å². The van der Waals surface area contributed by atoms with Crippen molar-refractivity contribution >= 4 is 50.7 Å². The number of hydrogen-bond acceptors (Lipinski definition) is 5. The molecule has 0 radical (unpaired) electrons. The highest BCUT2D eigenvalue weighted by molar-refractivity contribution is 7.92. The molecule has 2 amide bonds. The van der Waals surface area contributed by atoms with Crippen molar-refractivity contribution in [2.45, 2.75) is 50.7 Å². The molecule has 0 saturated carbocycles. The maximum atomic E-state index is 14.0. The fourth-order valence-corrected chi connectivity index (χ4v) is 5.93. The van der Waals surface area contributed by atoms with Crippen LogP contribution in [0.5, 0.6) is 5.75 Å². The topological polar surface area (TPSA) is 96.0 Å². The number of anilines is 1. The van der Waals surface area contributed by atoms with Gasteiger partial charge in [-0.05, 0) is 56.7 Å². The van der Waals surface area contributed by atoms with Crippen molar-refractivity contribution < 1.29 is 22.7 Å². The third-order valence-corrected chi connectivity index (χ3v) is 9.00. The fourth-order valence-electron chi connectivity index (χ4n) is 3.97. The lowest BCUT2D eigenvalue weighted by Gasteiger charge is -2.33. The van der Waals surface area contributed by atoms with Crippen LogP contribution in [0.25, 0.3) is 0 Å². The largest absolute Gasteiger partial charge is 0.495 e. The van der Waals surface area contributed by atoms with Gasteiger partial charge in [0.15, 0.2) is 0 Å². The van der Waals surface area contributed by atoms with Crippen LogP contribution in [0, 0.1) is 0 Å². The first-order valence-electron chi connectivity index (χ1n) is 12.7. The lowest BCUT2D eigenvalue weighted by atomic mass is 10.1. The number of carbonyl (C=O) groups excluding carboxylic acids is 2. The first-order valence-corrected chi connectivity index (χ1v) is 14.9. The average molecular weight is 607 g/mol. The number of ether oxygens (including phenoxy) is 1. The van der Waals surface area contributed by atoms with E-state index in [-0.39, 0.29) is 34.8 Å². The van der Waals surface area contributed by atoms with Gasteiger partial charge in [0.05, 0.1) is 17.7 Å². The van der Waals surface area contributed by atoms with Crippen molar-refractivity contribution in [2.75, 3.05) is 18.0 Å². The molecule has 214 valence electrons. The molecule has 0 heterocycles. The average Bonchev–Trinajstić information content (AvgIpc) is 2.95. The highest BCUT2D eigenvalue weighted by Crippen LogP contribution is 2.33. The molecule has 0 aliphatic heterocycles. The Bertz CT molecular complexity index is 1420. The Kier molecular flexibility index (Phi) is 10.8. The van der Waals surface area contributed by atoms with Gasteiger partial charge in [-0.2, -0.15) is 0 Å². The summed E-state index contributed by atoms with van der Waals surface area (Å²) in [4.78, 5) is 28.5. The van der Waals surface area contributed by atoms with Crippen LogP contribution in [-0.4, -0.2) is 50.9 Å². The summed E-state index contributed by atoms with van der Waals surface area (Å²) in [7, 11) is -2.80. The number of nitrogens with one attached hydrogen (secondary N) is 1. The van der Waals surface area contributed by atoms with Gasteiger partial charge >= 0.3 is 0 Å². The number of halogens is 2. The van der Waals surface area contributed by atoms with Gasteiger partial charge < -0.3 is 15.0 Å². The summed E-state index contributed by atoms with van der Waals surface area (Å²) in [6.07, 6.45) is 0.694. The van der Waals surface area contributed by atoms with Crippen LogP contribution < -0.4 is 14.4 Å². The zero-order chi connectivity index (χ0) is 29.4. The lowest BCUT2D eigenvalue weighted by Crippen LogP contribution is -2.52. The van der Waals surface area contributed by atoms with Crippen LogP contribution in [0.4, 0.5) is 5.69 Å². The molecule has 11 heteroatoms. The molecule has 3 aromatic carbocycles. The van der Waals surface area contributed by atoms with E-state index in [4.69, 9.17) is 27.9 Å². The van der Waals surface area contributed by atoms with Gasteiger partial charge in [-0.15, -0.1) is 0 Å². The maximum Gasteiger partial charge on any atom is 0.264 e. The Morgan fingerprint density at radius 3 is 2.12 bits per heavy atom. The van der Waals surface area contributed by atoms with E-state index in [1.54, 1.807) is 67.6 Å². The van der Waals surface area contributed by atoms with Crippen molar-refractivity contribution in [3.63, 3.8) is 0 Å². The van der Waals surface area contributed by atoms with E-state index < -0.39 is 28.5 Å². The second-order valence-corrected chi connectivity index (χ2v) is 11.9. The first kappa shape index (κ1) is 31.3. The molecule has 0 spiro atoms. The molecule has 0 aliphatic rings. The van der Waals surface area contributed by atoms with Gasteiger partial charge in [0, 0.05) is 28.2 Å². The Morgan fingerprint density at radius 2 is 1.52 bits per heavy atom. The van der Waals surface area contributed by atoms with Crippen molar-refractivity contribution in [3.05, 3.63) is 88.4 Å². The van der Waals surface area contributed by atoms with Crippen LogP contribution in [0.2, 0.25) is 10.0 Å². The number of para-hydroxylation sites is 2. The fraction of sp³-hybridized carbons (Fsp3) is 0.310. The Balaban J connectivity index is 2.09. The van der Waals surface area contributed by atoms with Crippen molar-refractivity contribution in [3.8, 4) is 5.75 Å². The normalized spacial score (nSPS) is 12.8. The molecule has 0 aromatic heterocycles. The molecular weight excluding hydrogens is 573 g/mol. The van der Waals surface area contributed by atoms with Gasteiger partial charge in [-0.25, -0.2) is 8.42 Å². The molecule has 0 aliphatic carbocycles. The predicted octanol–water partition coefficient (Wildman–Crippen LogP) is 5.53.